The Balaban J connectivity index is 1.94. The van der Waals surface area contributed by atoms with Crippen molar-refractivity contribution < 1.29 is 9.59 Å². The third-order valence-electron chi connectivity index (χ3n) is 3.97. The van der Waals surface area contributed by atoms with Gasteiger partial charge in [0.05, 0.1) is 13.1 Å². The van der Waals surface area contributed by atoms with Gasteiger partial charge in [0, 0.05) is 11.2 Å². The van der Waals surface area contributed by atoms with Crippen LogP contribution in [0.5, 0.6) is 0 Å². The van der Waals surface area contributed by atoms with Gasteiger partial charge in [0.25, 0.3) is 5.91 Å². The largest absolute Gasteiger partial charge is 0.350 e. The van der Waals surface area contributed by atoms with Crippen LogP contribution in [0.4, 0.5) is 5.69 Å². The lowest BCUT2D eigenvalue weighted by atomic mass is 10.1. The van der Waals surface area contributed by atoms with E-state index < -0.39 is 0 Å². The summed E-state index contributed by atoms with van der Waals surface area (Å²) in [6.07, 6.45) is 0.954. The molecule has 0 aliphatic heterocycles. The Kier molecular flexibility index (Phi) is 7.65. The predicted octanol–water partition coefficient (Wildman–Crippen LogP) is 3.09. The van der Waals surface area contributed by atoms with Gasteiger partial charge in [0.2, 0.25) is 10.9 Å². The highest BCUT2D eigenvalue weighted by atomic mass is 32.1. The highest BCUT2D eigenvalue weighted by molar-refractivity contribution is 7.13. The molecular weight excluding hydrogens is 374 g/mol. The third-order valence-corrected chi connectivity index (χ3v) is 4.88. The zero-order chi connectivity index (χ0) is 20.7. The second-order valence-electron chi connectivity index (χ2n) is 7.61. The van der Waals surface area contributed by atoms with Crippen molar-refractivity contribution >= 4 is 28.8 Å². The van der Waals surface area contributed by atoms with Crippen molar-refractivity contribution in [3.63, 3.8) is 0 Å². The topological polar surface area (TPSA) is 87.2 Å². The highest BCUT2D eigenvalue weighted by Gasteiger charge is 2.19. The number of amides is 2. The minimum Gasteiger partial charge on any atom is -0.350 e. The fraction of sp³-hybridized carbons (Fsp3) is 0.500. The maximum Gasteiger partial charge on any atom is 0.286 e. The van der Waals surface area contributed by atoms with Crippen molar-refractivity contribution in [3.8, 4) is 0 Å². The molecule has 1 aromatic carbocycles. The van der Waals surface area contributed by atoms with Crippen molar-refractivity contribution in [3.05, 3.63) is 39.8 Å². The number of nitrogens with zero attached hydrogens (tertiary/aromatic N) is 3. The molecular formula is C20H29N5O2S. The average Bonchev–Trinajstić information content (AvgIpc) is 3.09. The molecule has 1 heterocycles. The number of rotatable bonds is 8. The lowest BCUT2D eigenvalue weighted by molar-refractivity contribution is -0.123. The quantitative estimate of drug-likeness (QED) is 0.707. The summed E-state index contributed by atoms with van der Waals surface area (Å²) in [5, 5.41) is 14.9. The number of carbonyl (C=O) groups excluding carboxylic acids is 2. The maximum atomic E-state index is 12.4. The Morgan fingerprint density at radius 2 is 1.79 bits per heavy atom. The fourth-order valence-corrected chi connectivity index (χ4v) is 3.33. The molecule has 2 N–H and O–H groups in total. The molecule has 2 amide bonds. The Bertz CT molecular complexity index is 796. The van der Waals surface area contributed by atoms with Crippen LogP contribution < -0.4 is 10.6 Å². The van der Waals surface area contributed by atoms with Crippen LogP contribution in [0.25, 0.3) is 0 Å². The number of hydrogen-bond donors (Lipinski definition) is 2. The molecule has 0 saturated heterocycles. The second-order valence-corrected chi connectivity index (χ2v) is 8.67. The smallest absolute Gasteiger partial charge is 0.286 e. The molecule has 0 radical (unpaired) electrons. The van der Waals surface area contributed by atoms with Crippen molar-refractivity contribution in [2.24, 2.45) is 0 Å². The van der Waals surface area contributed by atoms with Crippen molar-refractivity contribution in [1.82, 2.24) is 20.4 Å². The van der Waals surface area contributed by atoms with Crippen LogP contribution in [0.1, 0.15) is 55.0 Å². The summed E-state index contributed by atoms with van der Waals surface area (Å²) >= 11 is 1.24. The standard InChI is InChI=1S/C20H29N5O2S/c1-6-14-8-10-15(11-9-14)21-18(27)19-24-23-17(28-19)13-25(7-2)12-16(26)22-20(3,4)5/h8-11H,6-7,12-13H2,1-5H3,(H,21,27)(H,22,26). The van der Waals surface area contributed by atoms with Gasteiger partial charge in [-0.15, -0.1) is 10.2 Å². The number of likely N-dealkylation sites (N-methyl/N-ethyl adjacent to an activating group) is 1. The van der Waals surface area contributed by atoms with Gasteiger partial charge in [-0.3, -0.25) is 14.5 Å². The van der Waals surface area contributed by atoms with Crippen LogP contribution in [0, 0.1) is 0 Å². The number of hydrogen-bond acceptors (Lipinski definition) is 6. The number of nitrogens with one attached hydrogen (secondary N) is 2. The van der Waals surface area contributed by atoms with Crippen molar-refractivity contribution in [1.29, 1.82) is 0 Å². The van der Waals surface area contributed by atoms with Gasteiger partial charge in [-0.25, -0.2) is 0 Å². The minimum atomic E-state index is -0.276. The van der Waals surface area contributed by atoms with Crippen LogP contribution in [-0.4, -0.2) is 45.5 Å². The molecule has 2 aromatic rings. The first-order valence-electron chi connectivity index (χ1n) is 9.46. The lowest BCUT2D eigenvalue weighted by Crippen LogP contribution is -2.45. The van der Waals surface area contributed by atoms with E-state index in [4.69, 9.17) is 0 Å². The number of aryl methyl sites for hydroxylation is 1. The molecule has 0 spiro atoms. The van der Waals surface area contributed by atoms with Crippen LogP contribution in [0.2, 0.25) is 0 Å². The minimum absolute atomic E-state index is 0.0349. The van der Waals surface area contributed by atoms with E-state index >= 15 is 0 Å². The summed E-state index contributed by atoms with van der Waals surface area (Å²) in [7, 11) is 0. The van der Waals surface area contributed by atoms with Gasteiger partial charge < -0.3 is 10.6 Å². The number of aromatic nitrogens is 2. The Labute approximate surface area is 170 Å². The SMILES string of the molecule is CCc1ccc(NC(=O)c2nnc(CN(CC)CC(=O)NC(C)(C)C)s2)cc1. The highest BCUT2D eigenvalue weighted by Crippen LogP contribution is 2.16. The molecule has 2 rings (SSSR count). The van der Waals surface area contributed by atoms with Crippen LogP contribution >= 0.6 is 11.3 Å². The number of anilines is 1. The molecule has 0 fully saturated rings. The Morgan fingerprint density at radius 3 is 2.36 bits per heavy atom. The predicted molar refractivity (Wildman–Crippen MR) is 113 cm³/mol. The number of benzene rings is 1. The van der Waals surface area contributed by atoms with E-state index in [1.54, 1.807) is 0 Å². The summed E-state index contributed by atoms with van der Waals surface area (Å²) in [4.78, 5) is 26.5. The first-order chi connectivity index (χ1) is 13.2. The summed E-state index contributed by atoms with van der Waals surface area (Å²) < 4.78 is 0. The molecule has 28 heavy (non-hydrogen) atoms. The van der Waals surface area contributed by atoms with Gasteiger partial charge in [0.1, 0.15) is 5.01 Å². The molecule has 0 unspecified atom stereocenters. The molecule has 0 aliphatic rings. The van der Waals surface area contributed by atoms with Crippen LogP contribution in [-0.2, 0) is 17.8 Å². The molecule has 0 aliphatic carbocycles. The van der Waals surface area contributed by atoms with Gasteiger partial charge in [-0.1, -0.05) is 37.3 Å². The fourth-order valence-electron chi connectivity index (χ4n) is 2.55. The third kappa shape index (κ3) is 7.01. The zero-order valence-corrected chi connectivity index (χ0v) is 18.0. The molecule has 0 saturated carbocycles. The van der Waals surface area contributed by atoms with Crippen molar-refractivity contribution in [2.45, 2.75) is 53.1 Å². The summed E-state index contributed by atoms with van der Waals surface area (Å²) in [6.45, 7) is 11.4. The zero-order valence-electron chi connectivity index (χ0n) is 17.2. The van der Waals surface area contributed by atoms with E-state index in [-0.39, 0.29) is 23.9 Å². The summed E-state index contributed by atoms with van der Waals surface area (Å²) in [5.41, 5.74) is 1.68. The first kappa shape index (κ1) is 22.0. The summed E-state index contributed by atoms with van der Waals surface area (Å²) in [6, 6.07) is 7.74. The van der Waals surface area contributed by atoms with Gasteiger partial charge in [-0.2, -0.15) is 0 Å². The second kappa shape index (κ2) is 9.75. The molecule has 8 heteroatoms. The monoisotopic (exact) mass is 403 g/mol. The van der Waals surface area contributed by atoms with Crippen LogP contribution in [0.15, 0.2) is 24.3 Å². The summed E-state index contributed by atoms with van der Waals surface area (Å²) in [5.74, 6) is -0.311. The molecule has 152 valence electrons. The maximum absolute atomic E-state index is 12.4. The van der Waals surface area contributed by atoms with Gasteiger partial charge in [-0.05, 0) is 51.4 Å². The number of carbonyl (C=O) groups is 2. The van der Waals surface area contributed by atoms with E-state index in [2.05, 4.69) is 27.8 Å². The van der Waals surface area contributed by atoms with E-state index in [1.165, 1.54) is 16.9 Å². The van der Waals surface area contributed by atoms with Crippen molar-refractivity contribution in [2.75, 3.05) is 18.4 Å². The average molecular weight is 404 g/mol. The molecule has 1 aromatic heterocycles. The normalized spacial score (nSPS) is 11.5. The first-order valence-corrected chi connectivity index (χ1v) is 10.3. The Hall–Kier alpha value is -2.32. The van der Waals surface area contributed by atoms with E-state index in [9.17, 15) is 9.59 Å². The molecule has 0 atom stereocenters. The van der Waals surface area contributed by atoms with E-state index in [0.29, 0.717) is 23.1 Å². The van der Waals surface area contributed by atoms with Gasteiger partial charge in [0.15, 0.2) is 0 Å². The molecule has 7 nitrogen and oxygen atoms in total. The lowest BCUT2D eigenvalue weighted by Gasteiger charge is -2.24. The Morgan fingerprint density at radius 1 is 1.11 bits per heavy atom. The van der Waals surface area contributed by atoms with E-state index in [1.807, 2.05) is 56.9 Å². The molecule has 0 bridgehead atoms. The van der Waals surface area contributed by atoms with Gasteiger partial charge >= 0.3 is 0 Å². The van der Waals surface area contributed by atoms with E-state index in [0.717, 1.165) is 12.1 Å². The van der Waals surface area contributed by atoms with Crippen LogP contribution in [0.3, 0.4) is 0 Å².